The van der Waals surface area contributed by atoms with Gasteiger partial charge in [0.1, 0.15) is 5.69 Å². The molecule has 0 aromatic heterocycles. The largest absolute Gasteiger partial charge is 0.380 e. The molecule has 1 aliphatic rings. The molecule has 0 amide bonds. The van der Waals surface area contributed by atoms with E-state index in [1.165, 1.54) is 0 Å². The Morgan fingerprint density at radius 2 is 2.39 bits per heavy atom. The van der Waals surface area contributed by atoms with Gasteiger partial charge in [0, 0.05) is 31.6 Å². The maximum absolute atomic E-state index is 11.1. The third kappa shape index (κ3) is 2.64. The van der Waals surface area contributed by atoms with Gasteiger partial charge < -0.3 is 9.64 Å². The first-order valence-electron chi connectivity index (χ1n) is 5.76. The second kappa shape index (κ2) is 5.67. The lowest BCUT2D eigenvalue weighted by Crippen LogP contribution is -2.23. The summed E-state index contributed by atoms with van der Waals surface area (Å²) in [4.78, 5) is 12.8. The number of rotatable bonds is 4. The predicted molar refractivity (Wildman–Crippen MR) is 73.4 cm³/mol. The van der Waals surface area contributed by atoms with Crippen molar-refractivity contribution in [3.05, 3.63) is 33.9 Å². The van der Waals surface area contributed by atoms with Crippen LogP contribution in [0, 0.1) is 10.1 Å². The van der Waals surface area contributed by atoms with Crippen LogP contribution in [0.4, 0.5) is 11.4 Å². The summed E-state index contributed by atoms with van der Waals surface area (Å²) in [7, 11) is 1.68. The summed E-state index contributed by atoms with van der Waals surface area (Å²) in [6, 6.07) is 5.37. The molecule has 0 radical (unpaired) electrons. The number of halogens is 1. The van der Waals surface area contributed by atoms with Crippen molar-refractivity contribution in [2.75, 3.05) is 25.1 Å². The van der Waals surface area contributed by atoms with Crippen LogP contribution >= 0.6 is 15.9 Å². The SMILES string of the molecule is COC1CCN(c2ccc(CBr)cc2[N+](=O)[O-])C1. The van der Waals surface area contributed by atoms with Crippen molar-refractivity contribution in [2.45, 2.75) is 17.9 Å². The van der Waals surface area contributed by atoms with Gasteiger partial charge in [-0.3, -0.25) is 10.1 Å². The maximum atomic E-state index is 11.1. The highest BCUT2D eigenvalue weighted by Crippen LogP contribution is 2.32. The Bertz CT molecular complexity index is 453. The number of benzene rings is 1. The van der Waals surface area contributed by atoms with Gasteiger partial charge in [0.2, 0.25) is 0 Å². The molecule has 0 saturated carbocycles. The number of methoxy groups -OCH3 is 1. The molecule has 1 aliphatic heterocycles. The van der Waals surface area contributed by atoms with Crippen LogP contribution in [0.5, 0.6) is 0 Å². The molecule has 0 spiro atoms. The van der Waals surface area contributed by atoms with Crippen LogP contribution in [-0.4, -0.2) is 31.2 Å². The van der Waals surface area contributed by atoms with E-state index < -0.39 is 0 Å². The smallest absolute Gasteiger partial charge is 0.292 e. The fraction of sp³-hybridized carbons (Fsp3) is 0.500. The van der Waals surface area contributed by atoms with Crippen LogP contribution in [0.15, 0.2) is 18.2 Å². The first-order chi connectivity index (χ1) is 8.65. The van der Waals surface area contributed by atoms with Gasteiger partial charge in [-0.1, -0.05) is 22.0 Å². The van der Waals surface area contributed by atoms with Crippen molar-refractivity contribution in [1.82, 2.24) is 0 Å². The molecular weight excluding hydrogens is 300 g/mol. The summed E-state index contributed by atoms with van der Waals surface area (Å²) < 4.78 is 5.29. The van der Waals surface area contributed by atoms with Gasteiger partial charge in [-0.15, -0.1) is 0 Å². The summed E-state index contributed by atoms with van der Waals surface area (Å²) in [5.74, 6) is 0. The van der Waals surface area contributed by atoms with Gasteiger partial charge in [-0.2, -0.15) is 0 Å². The molecule has 0 aliphatic carbocycles. The molecule has 5 nitrogen and oxygen atoms in total. The van der Waals surface area contributed by atoms with E-state index in [0.717, 1.165) is 18.5 Å². The number of ether oxygens (including phenoxy) is 1. The summed E-state index contributed by atoms with van der Waals surface area (Å²) in [5, 5.41) is 11.7. The molecule has 0 N–H and O–H groups in total. The lowest BCUT2D eigenvalue weighted by atomic mass is 10.2. The monoisotopic (exact) mass is 314 g/mol. The van der Waals surface area contributed by atoms with Crippen molar-refractivity contribution < 1.29 is 9.66 Å². The number of nitrogens with zero attached hydrogens (tertiary/aromatic N) is 2. The number of anilines is 1. The van der Waals surface area contributed by atoms with Crippen molar-refractivity contribution >= 4 is 27.3 Å². The number of hydrogen-bond donors (Lipinski definition) is 0. The average molecular weight is 315 g/mol. The molecule has 1 saturated heterocycles. The molecule has 1 unspecified atom stereocenters. The van der Waals surface area contributed by atoms with Gasteiger partial charge >= 0.3 is 0 Å². The third-order valence-corrected chi connectivity index (χ3v) is 3.86. The van der Waals surface area contributed by atoms with Crippen LogP contribution < -0.4 is 4.90 Å². The first kappa shape index (κ1) is 13.3. The summed E-state index contributed by atoms with van der Waals surface area (Å²) in [6.07, 6.45) is 1.08. The zero-order valence-corrected chi connectivity index (χ0v) is 11.7. The Labute approximate surface area is 114 Å². The zero-order chi connectivity index (χ0) is 13.1. The molecule has 1 fully saturated rings. The fourth-order valence-corrected chi connectivity index (χ4v) is 2.55. The van der Waals surface area contributed by atoms with E-state index in [1.54, 1.807) is 13.2 Å². The molecular formula is C12H15BrN2O3. The Morgan fingerprint density at radius 3 is 2.94 bits per heavy atom. The highest BCUT2D eigenvalue weighted by Gasteiger charge is 2.27. The Morgan fingerprint density at radius 1 is 1.61 bits per heavy atom. The van der Waals surface area contributed by atoms with Gasteiger partial charge in [-0.05, 0) is 18.1 Å². The minimum atomic E-state index is -0.318. The second-order valence-corrected chi connectivity index (χ2v) is 4.87. The minimum Gasteiger partial charge on any atom is -0.380 e. The van der Waals surface area contributed by atoms with Crippen LogP contribution in [0.2, 0.25) is 0 Å². The zero-order valence-electron chi connectivity index (χ0n) is 10.1. The molecule has 6 heteroatoms. The highest BCUT2D eigenvalue weighted by molar-refractivity contribution is 9.08. The van der Waals surface area contributed by atoms with E-state index in [1.807, 2.05) is 17.0 Å². The van der Waals surface area contributed by atoms with Crippen LogP contribution in [0.25, 0.3) is 0 Å². The predicted octanol–water partition coefficient (Wildman–Crippen LogP) is 2.71. The topological polar surface area (TPSA) is 55.6 Å². The van der Waals surface area contributed by atoms with Gasteiger partial charge in [-0.25, -0.2) is 0 Å². The second-order valence-electron chi connectivity index (χ2n) is 4.31. The Hall–Kier alpha value is -1.14. The van der Waals surface area contributed by atoms with Crippen LogP contribution in [0.3, 0.4) is 0 Å². The molecule has 18 heavy (non-hydrogen) atoms. The molecule has 98 valence electrons. The number of nitro benzene ring substituents is 1. The van der Waals surface area contributed by atoms with Gasteiger partial charge in [0.05, 0.1) is 11.0 Å². The van der Waals surface area contributed by atoms with E-state index in [0.29, 0.717) is 17.6 Å². The van der Waals surface area contributed by atoms with Crippen molar-refractivity contribution in [3.63, 3.8) is 0 Å². The Balaban J connectivity index is 2.30. The van der Waals surface area contributed by atoms with Gasteiger partial charge in [0.15, 0.2) is 0 Å². The number of hydrogen-bond acceptors (Lipinski definition) is 4. The third-order valence-electron chi connectivity index (χ3n) is 3.21. The molecule has 1 heterocycles. The van der Waals surface area contributed by atoms with E-state index in [2.05, 4.69) is 15.9 Å². The van der Waals surface area contributed by atoms with E-state index in [-0.39, 0.29) is 16.7 Å². The lowest BCUT2D eigenvalue weighted by Gasteiger charge is -2.18. The van der Waals surface area contributed by atoms with Crippen molar-refractivity contribution in [2.24, 2.45) is 0 Å². The molecule has 1 atom stereocenters. The molecule has 1 aromatic rings. The van der Waals surface area contributed by atoms with Crippen LogP contribution in [0.1, 0.15) is 12.0 Å². The molecule has 1 aromatic carbocycles. The van der Waals surface area contributed by atoms with Crippen molar-refractivity contribution in [1.29, 1.82) is 0 Å². The number of nitro groups is 1. The fourth-order valence-electron chi connectivity index (χ4n) is 2.21. The maximum Gasteiger partial charge on any atom is 0.292 e. The summed E-state index contributed by atoms with van der Waals surface area (Å²) in [6.45, 7) is 1.51. The van der Waals surface area contributed by atoms with E-state index in [9.17, 15) is 10.1 Å². The average Bonchev–Trinajstić information content (AvgIpc) is 2.86. The highest BCUT2D eigenvalue weighted by atomic mass is 79.9. The summed E-state index contributed by atoms with van der Waals surface area (Å²) in [5.41, 5.74) is 1.76. The first-order valence-corrected chi connectivity index (χ1v) is 6.89. The standard InChI is InChI=1S/C12H15BrN2O3/c1-18-10-4-5-14(8-10)11-3-2-9(7-13)6-12(11)15(16)17/h2-3,6,10H,4-5,7-8H2,1H3. The van der Waals surface area contributed by atoms with E-state index >= 15 is 0 Å². The number of alkyl halides is 1. The Kier molecular flexibility index (Phi) is 4.19. The van der Waals surface area contributed by atoms with E-state index in [4.69, 9.17) is 4.74 Å². The quantitative estimate of drug-likeness (QED) is 0.487. The normalized spacial score (nSPS) is 19.2. The lowest BCUT2D eigenvalue weighted by molar-refractivity contribution is -0.384. The minimum absolute atomic E-state index is 0.167. The van der Waals surface area contributed by atoms with Crippen molar-refractivity contribution in [3.8, 4) is 0 Å². The van der Waals surface area contributed by atoms with Gasteiger partial charge in [0.25, 0.3) is 5.69 Å². The summed E-state index contributed by atoms with van der Waals surface area (Å²) >= 11 is 3.31. The molecule has 2 rings (SSSR count). The van der Waals surface area contributed by atoms with Crippen LogP contribution in [-0.2, 0) is 10.1 Å². The molecule has 0 bridgehead atoms.